The average molecular weight is 189 g/mol. The molecule has 66 valence electrons. The number of rotatable bonds is 4. The Bertz CT molecular complexity index is 240. The van der Waals surface area contributed by atoms with E-state index in [0.29, 0.717) is 11.6 Å². The van der Waals surface area contributed by atoms with Crippen molar-refractivity contribution in [2.75, 3.05) is 13.3 Å². The van der Waals surface area contributed by atoms with Gasteiger partial charge in [0.2, 0.25) is 0 Å². The Hall–Kier alpha value is -0.760. The highest BCUT2D eigenvalue weighted by Gasteiger charge is 1.99. The second kappa shape index (κ2) is 4.99. The van der Waals surface area contributed by atoms with Gasteiger partial charge in [-0.05, 0) is 6.07 Å². The third kappa shape index (κ3) is 2.38. The third-order valence-corrected chi connectivity index (χ3v) is 1.74. The molecule has 1 rings (SSSR count). The van der Waals surface area contributed by atoms with Crippen LogP contribution in [-0.4, -0.2) is 13.3 Å². The molecule has 0 unspecified atom stereocenters. The standard InChI is InChI=1S/C9H10ClFO/c10-7-8-3-1-2-4-9(8)12-6-5-11/h1-4H,5-7H2. The second-order valence-electron chi connectivity index (χ2n) is 2.28. The lowest BCUT2D eigenvalue weighted by molar-refractivity contribution is 0.271. The molecule has 0 spiro atoms. The van der Waals surface area contributed by atoms with Crippen LogP contribution in [0.25, 0.3) is 0 Å². The first kappa shape index (κ1) is 9.33. The number of benzene rings is 1. The first-order chi connectivity index (χ1) is 5.88. The number of para-hydroxylation sites is 1. The molecule has 0 saturated heterocycles. The van der Waals surface area contributed by atoms with Crippen molar-refractivity contribution in [1.82, 2.24) is 0 Å². The summed E-state index contributed by atoms with van der Waals surface area (Å²) < 4.78 is 16.9. The van der Waals surface area contributed by atoms with Gasteiger partial charge in [-0.2, -0.15) is 0 Å². The Labute approximate surface area is 76.1 Å². The Morgan fingerprint density at radius 2 is 2.08 bits per heavy atom. The van der Waals surface area contributed by atoms with Crippen molar-refractivity contribution in [3.8, 4) is 5.75 Å². The number of alkyl halides is 2. The Kier molecular flexibility index (Phi) is 3.88. The molecule has 0 fully saturated rings. The monoisotopic (exact) mass is 188 g/mol. The molecule has 0 saturated carbocycles. The molecule has 12 heavy (non-hydrogen) atoms. The van der Waals surface area contributed by atoms with Crippen molar-refractivity contribution < 1.29 is 9.13 Å². The van der Waals surface area contributed by atoms with Gasteiger partial charge in [-0.15, -0.1) is 11.6 Å². The predicted octanol–water partition coefficient (Wildman–Crippen LogP) is 2.77. The van der Waals surface area contributed by atoms with Gasteiger partial charge < -0.3 is 4.74 Å². The van der Waals surface area contributed by atoms with E-state index in [4.69, 9.17) is 16.3 Å². The van der Waals surface area contributed by atoms with Crippen molar-refractivity contribution in [3.05, 3.63) is 29.8 Å². The Morgan fingerprint density at radius 1 is 1.33 bits per heavy atom. The maximum atomic E-state index is 11.8. The summed E-state index contributed by atoms with van der Waals surface area (Å²) in [5.41, 5.74) is 0.896. The largest absolute Gasteiger partial charge is 0.491 e. The zero-order chi connectivity index (χ0) is 8.81. The van der Waals surface area contributed by atoms with Gasteiger partial charge in [0.15, 0.2) is 0 Å². The van der Waals surface area contributed by atoms with E-state index in [1.807, 2.05) is 18.2 Å². The number of halogens is 2. The van der Waals surface area contributed by atoms with Crippen molar-refractivity contribution in [3.63, 3.8) is 0 Å². The van der Waals surface area contributed by atoms with Crippen LogP contribution < -0.4 is 4.74 Å². The van der Waals surface area contributed by atoms with Gasteiger partial charge in [0.05, 0.1) is 5.88 Å². The highest BCUT2D eigenvalue weighted by Crippen LogP contribution is 2.19. The smallest absolute Gasteiger partial charge is 0.123 e. The molecule has 1 aromatic carbocycles. The van der Waals surface area contributed by atoms with Gasteiger partial charge in [-0.3, -0.25) is 0 Å². The van der Waals surface area contributed by atoms with Crippen LogP contribution in [-0.2, 0) is 5.88 Å². The minimum Gasteiger partial charge on any atom is -0.491 e. The van der Waals surface area contributed by atoms with Gasteiger partial charge in [-0.25, -0.2) is 4.39 Å². The van der Waals surface area contributed by atoms with Crippen LogP contribution in [0.3, 0.4) is 0 Å². The van der Waals surface area contributed by atoms with E-state index in [1.54, 1.807) is 6.07 Å². The van der Waals surface area contributed by atoms with Crippen molar-refractivity contribution in [2.45, 2.75) is 5.88 Å². The summed E-state index contributed by atoms with van der Waals surface area (Å²) in [6.07, 6.45) is 0. The van der Waals surface area contributed by atoms with E-state index < -0.39 is 6.67 Å². The maximum absolute atomic E-state index is 11.8. The summed E-state index contributed by atoms with van der Waals surface area (Å²) in [5, 5.41) is 0. The minimum absolute atomic E-state index is 0.0912. The second-order valence-corrected chi connectivity index (χ2v) is 2.55. The van der Waals surface area contributed by atoms with Crippen molar-refractivity contribution in [2.24, 2.45) is 0 Å². The van der Waals surface area contributed by atoms with Crippen LogP contribution in [0.2, 0.25) is 0 Å². The van der Waals surface area contributed by atoms with E-state index >= 15 is 0 Å². The molecule has 0 aliphatic carbocycles. The first-order valence-electron chi connectivity index (χ1n) is 3.71. The fraction of sp³-hybridized carbons (Fsp3) is 0.333. The fourth-order valence-corrected chi connectivity index (χ4v) is 1.12. The van der Waals surface area contributed by atoms with Gasteiger partial charge in [0.25, 0.3) is 0 Å². The van der Waals surface area contributed by atoms with E-state index in [2.05, 4.69) is 0 Å². The first-order valence-corrected chi connectivity index (χ1v) is 4.24. The minimum atomic E-state index is -0.476. The average Bonchev–Trinajstić information content (AvgIpc) is 2.15. The van der Waals surface area contributed by atoms with Crippen molar-refractivity contribution in [1.29, 1.82) is 0 Å². The molecule has 1 aromatic rings. The summed E-state index contributed by atoms with van der Waals surface area (Å²) in [6, 6.07) is 7.36. The van der Waals surface area contributed by atoms with Crippen LogP contribution >= 0.6 is 11.6 Å². The molecule has 0 aliphatic rings. The Morgan fingerprint density at radius 3 is 2.75 bits per heavy atom. The molecule has 3 heteroatoms. The van der Waals surface area contributed by atoms with E-state index in [0.717, 1.165) is 5.56 Å². The zero-order valence-corrected chi connectivity index (χ0v) is 7.35. The highest BCUT2D eigenvalue weighted by atomic mass is 35.5. The van der Waals surface area contributed by atoms with E-state index in [-0.39, 0.29) is 6.61 Å². The molecule has 0 aromatic heterocycles. The van der Waals surface area contributed by atoms with Crippen LogP contribution in [0.15, 0.2) is 24.3 Å². The molecule has 1 nitrogen and oxygen atoms in total. The molecule has 0 atom stereocenters. The normalized spacial score (nSPS) is 9.83. The van der Waals surface area contributed by atoms with Crippen LogP contribution in [0.5, 0.6) is 5.75 Å². The molecule has 0 heterocycles. The van der Waals surface area contributed by atoms with Gasteiger partial charge in [0.1, 0.15) is 19.0 Å². The van der Waals surface area contributed by atoms with E-state index in [1.165, 1.54) is 0 Å². The summed E-state index contributed by atoms with van der Waals surface area (Å²) >= 11 is 5.64. The fourth-order valence-electron chi connectivity index (χ4n) is 0.904. The van der Waals surface area contributed by atoms with Gasteiger partial charge >= 0.3 is 0 Å². The summed E-state index contributed by atoms with van der Waals surface area (Å²) in [4.78, 5) is 0. The molecule has 0 aliphatic heterocycles. The van der Waals surface area contributed by atoms with Gasteiger partial charge in [-0.1, -0.05) is 18.2 Å². The number of ether oxygens (including phenoxy) is 1. The highest BCUT2D eigenvalue weighted by molar-refractivity contribution is 6.17. The van der Waals surface area contributed by atoms with Crippen LogP contribution in [0.4, 0.5) is 4.39 Å². The van der Waals surface area contributed by atoms with E-state index in [9.17, 15) is 4.39 Å². The third-order valence-electron chi connectivity index (χ3n) is 1.45. The molecule has 0 amide bonds. The summed E-state index contributed by atoms with van der Waals surface area (Å²) in [7, 11) is 0. The molecular weight excluding hydrogens is 179 g/mol. The van der Waals surface area contributed by atoms with Crippen LogP contribution in [0.1, 0.15) is 5.56 Å². The summed E-state index contributed by atoms with van der Waals surface area (Å²) in [6.45, 7) is -0.384. The molecular formula is C9H10ClFO. The van der Waals surface area contributed by atoms with Crippen molar-refractivity contribution >= 4 is 11.6 Å². The van der Waals surface area contributed by atoms with Crippen LogP contribution in [0, 0.1) is 0 Å². The summed E-state index contributed by atoms with van der Waals surface area (Å²) in [5.74, 6) is 1.06. The SMILES string of the molecule is FCCOc1ccccc1CCl. The zero-order valence-electron chi connectivity index (χ0n) is 6.59. The number of hydrogen-bond acceptors (Lipinski definition) is 1. The molecule has 0 N–H and O–H groups in total. The van der Waals surface area contributed by atoms with Gasteiger partial charge in [0, 0.05) is 5.56 Å². The lowest BCUT2D eigenvalue weighted by Crippen LogP contribution is -2.00. The lowest BCUT2D eigenvalue weighted by Gasteiger charge is -2.06. The number of hydrogen-bond donors (Lipinski definition) is 0. The topological polar surface area (TPSA) is 9.23 Å². The molecule has 0 radical (unpaired) electrons. The molecule has 0 bridgehead atoms. The predicted molar refractivity (Wildman–Crippen MR) is 47.5 cm³/mol. The quantitative estimate of drug-likeness (QED) is 0.661. The Balaban J connectivity index is 2.68. The maximum Gasteiger partial charge on any atom is 0.123 e. The lowest BCUT2D eigenvalue weighted by atomic mass is 10.2.